The summed E-state index contributed by atoms with van der Waals surface area (Å²) in [5, 5.41) is 9.10. The summed E-state index contributed by atoms with van der Waals surface area (Å²) in [6, 6.07) is 0. The number of aliphatic hydroxyl groups excluding tert-OH is 1. The van der Waals surface area contributed by atoms with Crippen LogP contribution in [0.4, 0.5) is 0 Å². The van der Waals surface area contributed by atoms with Gasteiger partial charge >= 0.3 is 0 Å². The summed E-state index contributed by atoms with van der Waals surface area (Å²) in [6.45, 7) is 4.96. The van der Waals surface area contributed by atoms with Crippen LogP contribution in [0.25, 0.3) is 0 Å². The molecule has 0 amide bonds. The van der Waals surface area contributed by atoms with Crippen molar-refractivity contribution in [1.82, 2.24) is 0 Å². The van der Waals surface area contributed by atoms with Crippen molar-refractivity contribution in [2.45, 2.75) is 110 Å². The van der Waals surface area contributed by atoms with Crippen molar-refractivity contribution >= 4 is 8.58 Å². The lowest BCUT2D eigenvalue weighted by Crippen LogP contribution is -2.04. The molecule has 1 N–H and O–H groups in total. The van der Waals surface area contributed by atoms with Crippen LogP contribution in [-0.2, 0) is 0 Å². The van der Waals surface area contributed by atoms with Crippen LogP contribution in [0.2, 0.25) is 0 Å². The van der Waals surface area contributed by atoms with E-state index in [2.05, 4.69) is 13.8 Å². The lowest BCUT2D eigenvalue weighted by atomic mass is 9.93. The Bertz CT molecular complexity index is 208. The highest BCUT2D eigenvalue weighted by Gasteiger charge is 2.08. The highest BCUT2D eigenvalue weighted by molar-refractivity contribution is 7.37. The molecule has 0 aliphatic rings. The largest absolute Gasteiger partial charge is 0.396 e. The Labute approximate surface area is 149 Å². The van der Waals surface area contributed by atoms with E-state index in [9.17, 15) is 0 Å². The van der Waals surface area contributed by atoms with Crippen molar-refractivity contribution in [2.75, 3.05) is 18.9 Å². The monoisotopic (exact) mass is 344 g/mol. The molecule has 23 heavy (non-hydrogen) atoms. The first-order valence-electron chi connectivity index (χ1n) is 10.7. The number of aliphatic hydroxyl groups is 1. The van der Waals surface area contributed by atoms with Crippen LogP contribution in [0.5, 0.6) is 0 Å². The zero-order valence-corrected chi connectivity index (χ0v) is 17.3. The molecule has 0 bridgehead atoms. The minimum absolute atomic E-state index is 0.382. The second kappa shape index (κ2) is 20.4. The van der Waals surface area contributed by atoms with E-state index in [0.29, 0.717) is 6.61 Å². The second-order valence-electron chi connectivity index (χ2n) is 7.24. The number of hydrogen-bond donors (Lipinski definition) is 1. The molecule has 2 unspecified atom stereocenters. The molecule has 0 heterocycles. The lowest BCUT2D eigenvalue weighted by Gasteiger charge is -2.16. The zero-order chi connectivity index (χ0) is 17.0. The minimum atomic E-state index is 0.382. The number of rotatable bonds is 19. The molecule has 140 valence electrons. The molecule has 0 radical (unpaired) electrons. The van der Waals surface area contributed by atoms with Gasteiger partial charge in [-0.15, -0.1) is 8.58 Å². The smallest absolute Gasteiger partial charge is 0.0431 e. The molecule has 0 fully saturated rings. The third kappa shape index (κ3) is 18.6. The fraction of sp³-hybridized carbons (Fsp3) is 1.00. The van der Waals surface area contributed by atoms with Gasteiger partial charge in [-0.1, -0.05) is 84.5 Å². The van der Waals surface area contributed by atoms with Crippen LogP contribution in [0, 0.1) is 5.92 Å². The molecule has 2 heteroatoms. The van der Waals surface area contributed by atoms with Crippen molar-refractivity contribution in [3.63, 3.8) is 0 Å². The maximum atomic E-state index is 9.10. The van der Waals surface area contributed by atoms with Crippen LogP contribution in [-0.4, -0.2) is 24.0 Å². The Balaban J connectivity index is 3.54. The molecule has 0 aromatic heterocycles. The van der Waals surface area contributed by atoms with Gasteiger partial charge in [-0.05, 0) is 43.9 Å². The van der Waals surface area contributed by atoms with Crippen molar-refractivity contribution in [3.8, 4) is 0 Å². The molecule has 0 rings (SSSR count). The molecule has 0 aliphatic heterocycles. The predicted octanol–water partition coefficient (Wildman–Crippen LogP) is 7.16. The van der Waals surface area contributed by atoms with Gasteiger partial charge in [-0.2, -0.15) is 0 Å². The standard InChI is InChI=1S/C21H45OP/c1-3-5-7-9-10-12-15-21(16-14-18-22)17-20-23-19-13-11-8-6-4-2/h21-23H,3-20H2,1-2H3. The SMILES string of the molecule is CCCCCCCCC(CCCO)CCPCCCCCCC. The maximum absolute atomic E-state index is 9.10. The summed E-state index contributed by atoms with van der Waals surface area (Å²) in [5.41, 5.74) is 0. The van der Waals surface area contributed by atoms with E-state index in [1.807, 2.05) is 0 Å². The molecular weight excluding hydrogens is 299 g/mol. The molecule has 0 spiro atoms. The van der Waals surface area contributed by atoms with Gasteiger partial charge in [-0.25, -0.2) is 0 Å². The average Bonchev–Trinajstić information content (AvgIpc) is 2.57. The quantitative estimate of drug-likeness (QED) is 0.194. The van der Waals surface area contributed by atoms with Gasteiger partial charge < -0.3 is 5.11 Å². The van der Waals surface area contributed by atoms with Gasteiger partial charge in [0.25, 0.3) is 0 Å². The van der Waals surface area contributed by atoms with Crippen molar-refractivity contribution in [2.24, 2.45) is 5.92 Å². The van der Waals surface area contributed by atoms with E-state index < -0.39 is 0 Å². The van der Waals surface area contributed by atoms with Gasteiger partial charge in [-0.3, -0.25) is 0 Å². The first-order chi connectivity index (χ1) is 11.3. The fourth-order valence-corrected chi connectivity index (χ4v) is 4.67. The summed E-state index contributed by atoms with van der Waals surface area (Å²) < 4.78 is 0. The highest BCUT2D eigenvalue weighted by atomic mass is 31.1. The molecule has 0 aromatic carbocycles. The first kappa shape index (κ1) is 23.4. The summed E-state index contributed by atoms with van der Waals surface area (Å²) >= 11 is 0. The van der Waals surface area contributed by atoms with Gasteiger partial charge in [0.2, 0.25) is 0 Å². The second-order valence-corrected chi connectivity index (χ2v) is 8.74. The summed E-state index contributed by atoms with van der Waals surface area (Å²) in [6.07, 6.45) is 23.6. The number of hydrogen-bond acceptors (Lipinski definition) is 1. The van der Waals surface area contributed by atoms with Crippen LogP contribution in [0.15, 0.2) is 0 Å². The molecule has 2 atom stereocenters. The summed E-state index contributed by atoms with van der Waals surface area (Å²) in [4.78, 5) is 0. The maximum Gasteiger partial charge on any atom is 0.0431 e. The Hall–Kier alpha value is 0.390. The normalized spacial score (nSPS) is 13.2. The average molecular weight is 345 g/mol. The Kier molecular flexibility index (Phi) is 20.8. The van der Waals surface area contributed by atoms with Crippen LogP contribution < -0.4 is 0 Å². The van der Waals surface area contributed by atoms with E-state index >= 15 is 0 Å². The van der Waals surface area contributed by atoms with E-state index in [1.165, 1.54) is 111 Å². The summed E-state index contributed by atoms with van der Waals surface area (Å²) in [5.74, 6) is 0.890. The van der Waals surface area contributed by atoms with Crippen molar-refractivity contribution < 1.29 is 5.11 Å². The van der Waals surface area contributed by atoms with E-state index in [4.69, 9.17) is 5.11 Å². The molecule has 0 saturated heterocycles. The van der Waals surface area contributed by atoms with Crippen molar-refractivity contribution in [3.05, 3.63) is 0 Å². The third-order valence-corrected chi connectivity index (χ3v) is 6.27. The zero-order valence-electron chi connectivity index (χ0n) is 16.3. The molecule has 0 aliphatic carbocycles. The van der Waals surface area contributed by atoms with Crippen molar-refractivity contribution in [1.29, 1.82) is 0 Å². The Morgan fingerprint density at radius 2 is 1.17 bits per heavy atom. The Morgan fingerprint density at radius 3 is 1.83 bits per heavy atom. The van der Waals surface area contributed by atoms with E-state index in [-0.39, 0.29) is 0 Å². The van der Waals surface area contributed by atoms with Crippen LogP contribution in [0.3, 0.4) is 0 Å². The first-order valence-corrected chi connectivity index (χ1v) is 12.1. The molecule has 1 nitrogen and oxygen atoms in total. The van der Waals surface area contributed by atoms with Gasteiger partial charge in [0, 0.05) is 6.61 Å². The van der Waals surface area contributed by atoms with Gasteiger partial charge in [0.1, 0.15) is 0 Å². The topological polar surface area (TPSA) is 20.2 Å². The van der Waals surface area contributed by atoms with E-state index in [0.717, 1.165) is 12.3 Å². The lowest BCUT2D eigenvalue weighted by molar-refractivity contribution is 0.265. The summed E-state index contributed by atoms with van der Waals surface area (Å²) in [7, 11) is 1.18. The molecule has 0 saturated carbocycles. The van der Waals surface area contributed by atoms with Gasteiger partial charge in [0.05, 0.1) is 0 Å². The minimum Gasteiger partial charge on any atom is -0.396 e. The molecule has 0 aromatic rings. The van der Waals surface area contributed by atoms with E-state index in [1.54, 1.807) is 0 Å². The van der Waals surface area contributed by atoms with Crippen LogP contribution in [0.1, 0.15) is 110 Å². The Morgan fingerprint density at radius 1 is 0.609 bits per heavy atom. The molecular formula is C21H45OP. The number of unbranched alkanes of at least 4 members (excludes halogenated alkanes) is 9. The third-order valence-electron chi connectivity index (χ3n) is 4.92. The van der Waals surface area contributed by atoms with Crippen LogP contribution >= 0.6 is 8.58 Å². The van der Waals surface area contributed by atoms with Gasteiger partial charge in [0.15, 0.2) is 0 Å². The predicted molar refractivity (Wildman–Crippen MR) is 109 cm³/mol. The fourth-order valence-electron chi connectivity index (χ4n) is 3.31. The highest BCUT2D eigenvalue weighted by Crippen LogP contribution is 2.25.